The van der Waals surface area contributed by atoms with Gasteiger partial charge in [0.2, 0.25) is 0 Å². The van der Waals surface area contributed by atoms with Gasteiger partial charge < -0.3 is 19.5 Å². The predicted molar refractivity (Wildman–Crippen MR) is 68.4 cm³/mol. The summed E-state index contributed by atoms with van der Waals surface area (Å²) in [6.07, 6.45) is -0.187. The third kappa shape index (κ3) is 4.01. The molecule has 1 saturated heterocycles. The lowest BCUT2D eigenvalue weighted by atomic mass is 10.2. The Labute approximate surface area is 117 Å². The van der Waals surface area contributed by atoms with Crippen LogP contribution in [0.25, 0.3) is 0 Å². The molecule has 0 bridgehead atoms. The Morgan fingerprint density at radius 1 is 1.30 bits per heavy atom. The number of amides is 2. The number of piperazine rings is 1. The van der Waals surface area contributed by atoms with Crippen LogP contribution in [0.3, 0.4) is 0 Å². The van der Waals surface area contributed by atoms with Crippen molar-refractivity contribution in [3.05, 3.63) is 0 Å². The molecule has 0 aromatic carbocycles. The maximum atomic E-state index is 12.0. The fourth-order valence-corrected chi connectivity index (χ4v) is 1.91. The van der Waals surface area contributed by atoms with Crippen LogP contribution in [0, 0.1) is 0 Å². The van der Waals surface area contributed by atoms with E-state index in [0.717, 1.165) is 17.7 Å². The monoisotopic (exact) mass is 288 g/mol. The van der Waals surface area contributed by atoms with Crippen molar-refractivity contribution in [3.63, 3.8) is 0 Å². The summed E-state index contributed by atoms with van der Waals surface area (Å²) in [5.74, 6) is -0.602. The highest BCUT2D eigenvalue weighted by Crippen LogP contribution is 2.13. The average Bonchev–Trinajstić information content (AvgIpc) is 2.45. The highest BCUT2D eigenvalue weighted by molar-refractivity contribution is 5.82. The number of rotatable bonds is 4. The number of carbonyl (C=O) groups is 3. The van der Waals surface area contributed by atoms with Crippen molar-refractivity contribution in [1.82, 2.24) is 9.80 Å². The first-order valence-electron chi connectivity index (χ1n) is 6.50. The molecule has 2 amide bonds. The van der Waals surface area contributed by atoms with Gasteiger partial charge in [-0.1, -0.05) is 13.3 Å². The molecule has 1 unspecified atom stereocenters. The fraction of sp³-hybridized carbons (Fsp3) is 0.750. The minimum absolute atomic E-state index is 0.102. The van der Waals surface area contributed by atoms with Crippen LogP contribution >= 0.6 is 0 Å². The summed E-state index contributed by atoms with van der Waals surface area (Å²) in [6.45, 7) is 2.36. The summed E-state index contributed by atoms with van der Waals surface area (Å²) in [5, 5.41) is 8.97. The standard InChI is InChI=1S/C12H20N2O6/c1-3-4-7-20-10(15)9-8-13(11(16)17)5-6-14(9)12(18)19-2/h9H,3-8H2,1-2H3,(H,16,17). The molecule has 0 spiro atoms. The highest BCUT2D eigenvalue weighted by Gasteiger charge is 2.38. The molecule has 1 fully saturated rings. The number of ether oxygens (including phenoxy) is 2. The van der Waals surface area contributed by atoms with E-state index in [4.69, 9.17) is 9.84 Å². The van der Waals surface area contributed by atoms with Crippen molar-refractivity contribution < 1.29 is 29.0 Å². The number of nitrogens with zero attached hydrogens (tertiary/aromatic N) is 2. The van der Waals surface area contributed by atoms with E-state index in [1.54, 1.807) is 0 Å². The van der Waals surface area contributed by atoms with Crippen LogP contribution in [0.1, 0.15) is 19.8 Å². The van der Waals surface area contributed by atoms with Gasteiger partial charge in [-0.3, -0.25) is 4.90 Å². The highest BCUT2D eigenvalue weighted by atomic mass is 16.6. The number of hydrogen-bond acceptors (Lipinski definition) is 5. The molecule has 0 aromatic heterocycles. The third-order valence-electron chi connectivity index (χ3n) is 3.07. The maximum absolute atomic E-state index is 12.0. The molecule has 1 N–H and O–H groups in total. The first kappa shape index (κ1) is 16.1. The minimum Gasteiger partial charge on any atom is -0.465 e. The molecule has 20 heavy (non-hydrogen) atoms. The van der Waals surface area contributed by atoms with Crippen LogP contribution in [-0.2, 0) is 14.3 Å². The van der Waals surface area contributed by atoms with Crippen molar-refractivity contribution >= 4 is 18.2 Å². The van der Waals surface area contributed by atoms with Crippen molar-refractivity contribution in [3.8, 4) is 0 Å². The number of carbonyl (C=O) groups excluding carboxylic acids is 2. The zero-order valence-corrected chi connectivity index (χ0v) is 11.7. The first-order valence-corrected chi connectivity index (χ1v) is 6.50. The van der Waals surface area contributed by atoms with E-state index >= 15 is 0 Å². The lowest BCUT2D eigenvalue weighted by Crippen LogP contribution is -2.59. The molecule has 1 rings (SSSR count). The largest absolute Gasteiger partial charge is 0.465 e. The van der Waals surface area contributed by atoms with E-state index in [0.29, 0.717) is 0 Å². The van der Waals surface area contributed by atoms with Crippen LogP contribution in [0.15, 0.2) is 0 Å². The van der Waals surface area contributed by atoms with Crippen LogP contribution < -0.4 is 0 Å². The second-order valence-electron chi connectivity index (χ2n) is 4.43. The third-order valence-corrected chi connectivity index (χ3v) is 3.07. The molecule has 1 aliphatic heterocycles. The van der Waals surface area contributed by atoms with Crippen molar-refractivity contribution in [2.24, 2.45) is 0 Å². The maximum Gasteiger partial charge on any atom is 0.410 e. The van der Waals surface area contributed by atoms with E-state index in [9.17, 15) is 14.4 Å². The summed E-state index contributed by atoms with van der Waals surface area (Å²) in [4.78, 5) is 36.9. The number of hydrogen-bond donors (Lipinski definition) is 1. The normalized spacial score (nSPS) is 18.6. The molecule has 114 valence electrons. The van der Waals surface area contributed by atoms with Gasteiger partial charge in [-0.05, 0) is 6.42 Å². The fourth-order valence-electron chi connectivity index (χ4n) is 1.91. The lowest BCUT2D eigenvalue weighted by molar-refractivity contribution is -0.151. The molecule has 0 saturated carbocycles. The molecule has 1 heterocycles. The van der Waals surface area contributed by atoms with Crippen molar-refractivity contribution in [2.75, 3.05) is 33.4 Å². The van der Waals surface area contributed by atoms with E-state index in [2.05, 4.69) is 4.74 Å². The van der Waals surface area contributed by atoms with Gasteiger partial charge in [0.15, 0.2) is 6.04 Å². The Morgan fingerprint density at radius 3 is 2.55 bits per heavy atom. The van der Waals surface area contributed by atoms with Gasteiger partial charge in [-0.25, -0.2) is 14.4 Å². The average molecular weight is 288 g/mol. The quantitative estimate of drug-likeness (QED) is 0.606. The Kier molecular flexibility index (Phi) is 6.08. The second kappa shape index (κ2) is 7.56. The predicted octanol–water partition coefficient (Wildman–Crippen LogP) is 0.760. The zero-order chi connectivity index (χ0) is 15.1. The molecule has 8 nitrogen and oxygen atoms in total. The molecule has 8 heteroatoms. The van der Waals surface area contributed by atoms with E-state index in [-0.39, 0.29) is 26.2 Å². The Morgan fingerprint density at radius 2 is 2.00 bits per heavy atom. The smallest absolute Gasteiger partial charge is 0.410 e. The Bertz CT molecular complexity index is 373. The topological polar surface area (TPSA) is 96.4 Å². The van der Waals surface area contributed by atoms with E-state index < -0.39 is 24.2 Å². The van der Waals surface area contributed by atoms with Crippen LogP contribution in [0.2, 0.25) is 0 Å². The summed E-state index contributed by atoms with van der Waals surface area (Å²) in [5.41, 5.74) is 0. The Hall–Kier alpha value is -1.99. The molecular weight excluding hydrogens is 268 g/mol. The van der Waals surface area contributed by atoms with Crippen molar-refractivity contribution in [2.45, 2.75) is 25.8 Å². The van der Waals surface area contributed by atoms with Crippen LogP contribution in [-0.4, -0.2) is 72.5 Å². The van der Waals surface area contributed by atoms with Gasteiger partial charge in [0.25, 0.3) is 0 Å². The molecule has 0 radical (unpaired) electrons. The van der Waals surface area contributed by atoms with E-state index in [1.165, 1.54) is 12.0 Å². The first-order chi connectivity index (χ1) is 9.51. The summed E-state index contributed by atoms with van der Waals surface area (Å²) >= 11 is 0. The molecule has 1 atom stereocenters. The summed E-state index contributed by atoms with van der Waals surface area (Å²) in [7, 11) is 1.21. The van der Waals surface area contributed by atoms with Gasteiger partial charge >= 0.3 is 18.2 Å². The van der Waals surface area contributed by atoms with Gasteiger partial charge in [0.05, 0.1) is 20.3 Å². The second-order valence-corrected chi connectivity index (χ2v) is 4.43. The SMILES string of the molecule is CCCCOC(=O)C1CN(C(=O)O)CCN1C(=O)OC. The van der Waals surface area contributed by atoms with Gasteiger partial charge in [0.1, 0.15) is 0 Å². The molecule has 0 aromatic rings. The van der Waals surface area contributed by atoms with Gasteiger partial charge in [-0.2, -0.15) is 0 Å². The van der Waals surface area contributed by atoms with Crippen LogP contribution in [0.4, 0.5) is 9.59 Å². The number of unbranched alkanes of at least 4 members (excludes halogenated alkanes) is 1. The molecule has 1 aliphatic rings. The Balaban J connectivity index is 2.73. The number of esters is 1. The molecule has 0 aliphatic carbocycles. The van der Waals surface area contributed by atoms with E-state index in [1.807, 2.05) is 6.92 Å². The lowest BCUT2D eigenvalue weighted by Gasteiger charge is -2.37. The number of carboxylic acid groups (broad SMARTS) is 1. The summed E-state index contributed by atoms with van der Waals surface area (Å²) in [6, 6.07) is -0.954. The van der Waals surface area contributed by atoms with Gasteiger partial charge in [-0.15, -0.1) is 0 Å². The van der Waals surface area contributed by atoms with Gasteiger partial charge in [0, 0.05) is 13.1 Å². The minimum atomic E-state index is -1.12. The van der Waals surface area contributed by atoms with Crippen molar-refractivity contribution in [1.29, 1.82) is 0 Å². The number of methoxy groups -OCH3 is 1. The van der Waals surface area contributed by atoms with Crippen LogP contribution in [0.5, 0.6) is 0 Å². The zero-order valence-electron chi connectivity index (χ0n) is 11.7. The molecular formula is C12H20N2O6. The summed E-state index contributed by atoms with van der Waals surface area (Å²) < 4.78 is 9.67.